The number of benzene rings is 1. The predicted octanol–water partition coefficient (Wildman–Crippen LogP) is 2.52. The molecular weight excluding hydrogens is 374 g/mol. The number of pyridine rings is 1. The number of piperidine rings is 1. The summed E-state index contributed by atoms with van der Waals surface area (Å²) < 4.78 is 33.0. The van der Waals surface area contributed by atoms with Gasteiger partial charge in [-0.1, -0.05) is 23.7 Å². The van der Waals surface area contributed by atoms with Crippen LogP contribution in [0.5, 0.6) is 0 Å². The number of ether oxygens (including phenoxy) is 1. The fraction of sp³-hybridized carbons (Fsp3) is 0.500. The molecule has 0 radical (unpaired) electrons. The fourth-order valence-electron chi connectivity index (χ4n) is 3.81. The van der Waals surface area contributed by atoms with E-state index in [1.165, 1.54) is 0 Å². The van der Waals surface area contributed by atoms with Crippen molar-refractivity contribution in [1.82, 2.24) is 9.29 Å². The topological polar surface area (TPSA) is 62.7 Å². The Hall–Kier alpha value is -1.41. The monoisotopic (exact) mass is 395 g/mol. The summed E-state index contributed by atoms with van der Waals surface area (Å²) in [5.74, 6) is 0. The van der Waals surface area contributed by atoms with Gasteiger partial charge in [-0.25, -0.2) is 8.42 Å². The summed E-state index contributed by atoms with van der Waals surface area (Å²) in [6.45, 7) is 3.18. The molecule has 2 aliphatic rings. The van der Waals surface area contributed by atoms with Gasteiger partial charge >= 0.3 is 0 Å². The van der Waals surface area contributed by atoms with Gasteiger partial charge in [0.05, 0.1) is 29.0 Å². The van der Waals surface area contributed by atoms with Crippen LogP contribution in [0.1, 0.15) is 12.8 Å². The Morgan fingerprint density at radius 2 is 1.96 bits per heavy atom. The van der Waals surface area contributed by atoms with Crippen LogP contribution < -0.4 is 4.90 Å². The molecular formula is C18H22ClN3O3S. The number of para-hydroxylation sites is 1. The van der Waals surface area contributed by atoms with Crippen molar-refractivity contribution in [3.8, 4) is 0 Å². The number of hydrogen-bond donors (Lipinski definition) is 0. The molecule has 0 spiro atoms. The molecule has 0 bridgehead atoms. The normalized spacial score (nSPS) is 22.7. The zero-order chi connectivity index (χ0) is 18.1. The zero-order valence-electron chi connectivity index (χ0n) is 14.5. The molecule has 140 valence electrons. The van der Waals surface area contributed by atoms with Crippen LogP contribution in [-0.2, 0) is 14.8 Å². The summed E-state index contributed by atoms with van der Waals surface area (Å²) >= 11 is 6.28. The molecule has 6 nitrogen and oxygen atoms in total. The van der Waals surface area contributed by atoms with E-state index in [0.29, 0.717) is 44.3 Å². The van der Waals surface area contributed by atoms with E-state index in [0.717, 1.165) is 29.6 Å². The zero-order valence-corrected chi connectivity index (χ0v) is 16.0. The lowest BCUT2D eigenvalue weighted by molar-refractivity contribution is 0.0725. The molecule has 2 saturated heterocycles. The van der Waals surface area contributed by atoms with Crippen molar-refractivity contribution in [2.75, 3.05) is 44.3 Å². The summed E-state index contributed by atoms with van der Waals surface area (Å²) in [6, 6.07) is 7.66. The van der Waals surface area contributed by atoms with Gasteiger partial charge in [-0.3, -0.25) is 4.98 Å². The number of fused-ring (bicyclic) bond motifs is 1. The number of aromatic nitrogens is 1. The highest BCUT2D eigenvalue weighted by molar-refractivity contribution is 7.89. The minimum Gasteiger partial charge on any atom is -0.379 e. The number of morpholine rings is 1. The smallest absolute Gasteiger partial charge is 0.218 e. The maximum Gasteiger partial charge on any atom is 0.218 e. The number of halogens is 1. The quantitative estimate of drug-likeness (QED) is 0.799. The molecule has 26 heavy (non-hydrogen) atoms. The SMILES string of the molecule is O=S(=O)(C1CCCN(c2ccnc3c(Cl)cccc23)C1)N1CCOCC1. The Balaban J connectivity index is 1.62. The molecule has 8 heteroatoms. The molecule has 2 aliphatic heterocycles. The molecule has 2 fully saturated rings. The van der Waals surface area contributed by atoms with Crippen molar-refractivity contribution < 1.29 is 13.2 Å². The van der Waals surface area contributed by atoms with Crippen LogP contribution in [0.2, 0.25) is 5.02 Å². The van der Waals surface area contributed by atoms with Crippen LogP contribution in [0, 0.1) is 0 Å². The van der Waals surface area contributed by atoms with E-state index >= 15 is 0 Å². The molecule has 0 amide bonds. The predicted molar refractivity (Wildman–Crippen MR) is 103 cm³/mol. The van der Waals surface area contributed by atoms with Crippen LogP contribution in [0.3, 0.4) is 0 Å². The third-order valence-corrected chi connectivity index (χ3v) is 7.79. The van der Waals surface area contributed by atoms with E-state index in [1.54, 1.807) is 10.5 Å². The molecule has 2 aromatic rings. The Labute approximate surface area is 158 Å². The second kappa shape index (κ2) is 7.31. The first-order valence-corrected chi connectivity index (χ1v) is 10.8. The first kappa shape index (κ1) is 18.0. The standard InChI is InChI=1S/C18H22ClN3O3S/c19-16-5-1-4-15-17(6-7-20-18(15)16)21-8-2-3-14(13-21)26(23,24)22-9-11-25-12-10-22/h1,4-7,14H,2-3,8-13H2. The van der Waals surface area contributed by atoms with E-state index in [-0.39, 0.29) is 0 Å². The van der Waals surface area contributed by atoms with Crippen LogP contribution in [0.15, 0.2) is 30.5 Å². The van der Waals surface area contributed by atoms with Crippen LogP contribution in [0.4, 0.5) is 5.69 Å². The summed E-state index contributed by atoms with van der Waals surface area (Å²) in [6.07, 6.45) is 3.28. The third-order valence-electron chi connectivity index (χ3n) is 5.17. The molecule has 1 aromatic heterocycles. The fourth-order valence-corrected chi connectivity index (χ4v) is 5.95. The molecule has 1 aromatic carbocycles. The minimum absolute atomic E-state index is 0.392. The van der Waals surface area contributed by atoms with Crippen molar-refractivity contribution in [2.24, 2.45) is 0 Å². The first-order chi connectivity index (χ1) is 12.6. The Morgan fingerprint density at radius 3 is 2.77 bits per heavy atom. The summed E-state index contributed by atoms with van der Waals surface area (Å²) in [5.41, 5.74) is 1.75. The lowest BCUT2D eigenvalue weighted by atomic mass is 10.1. The average molecular weight is 396 g/mol. The van der Waals surface area contributed by atoms with Gasteiger partial charge in [0.25, 0.3) is 0 Å². The lowest BCUT2D eigenvalue weighted by Gasteiger charge is -2.37. The highest BCUT2D eigenvalue weighted by atomic mass is 35.5. The second-order valence-electron chi connectivity index (χ2n) is 6.73. The molecule has 1 atom stereocenters. The lowest BCUT2D eigenvalue weighted by Crippen LogP contribution is -2.50. The molecule has 3 heterocycles. The number of nitrogens with zero attached hydrogens (tertiary/aromatic N) is 3. The van der Waals surface area contributed by atoms with Crippen molar-refractivity contribution in [2.45, 2.75) is 18.1 Å². The van der Waals surface area contributed by atoms with Crippen molar-refractivity contribution >= 4 is 38.2 Å². The maximum atomic E-state index is 13.0. The Kier molecular flexibility index (Phi) is 5.05. The van der Waals surface area contributed by atoms with Crippen LogP contribution >= 0.6 is 11.6 Å². The Bertz CT molecular complexity index is 900. The van der Waals surface area contributed by atoms with Gasteiger partial charge in [0.1, 0.15) is 0 Å². The van der Waals surface area contributed by atoms with E-state index < -0.39 is 15.3 Å². The molecule has 1 unspecified atom stereocenters. The van der Waals surface area contributed by atoms with Crippen molar-refractivity contribution in [3.05, 3.63) is 35.5 Å². The van der Waals surface area contributed by atoms with Crippen LogP contribution in [0.25, 0.3) is 10.9 Å². The Morgan fingerprint density at radius 1 is 1.15 bits per heavy atom. The second-order valence-corrected chi connectivity index (χ2v) is 9.35. The number of rotatable bonds is 3. The highest BCUT2D eigenvalue weighted by Crippen LogP contribution is 2.32. The van der Waals surface area contributed by atoms with Crippen LogP contribution in [-0.4, -0.2) is 62.3 Å². The third kappa shape index (κ3) is 3.29. The molecule has 4 rings (SSSR count). The van der Waals surface area contributed by atoms with Gasteiger partial charge in [-0.2, -0.15) is 4.31 Å². The van der Waals surface area contributed by atoms with E-state index in [4.69, 9.17) is 16.3 Å². The molecule has 0 N–H and O–H groups in total. The van der Waals surface area contributed by atoms with E-state index in [1.807, 2.05) is 24.3 Å². The van der Waals surface area contributed by atoms with Crippen molar-refractivity contribution in [1.29, 1.82) is 0 Å². The largest absolute Gasteiger partial charge is 0.379 e. The average Bonchev–Trinajstić information content (AvgIpc) is 2.69. The minimum atomic E-state index is -3.32. The van der Waals surface area contributed by atoms with Crippen molar-refractivity contribution in [3.63, 3.8) is 0 Å². The number of anilines is 1. The van der Waals surface area contributed by atoms with E-state index in [2.05, 4.69) is 9.88 Å². The summed E-state index contributed by atoms with van der Waals surface area (Å²) in [7, 11) is -3.32. The highest BCUT2D eigenvalue weighted by Gasteiger charge is 2.36. The molecule has 0 aliphatic carbocycles. The molecule has 0 saturated carbocycles. The van der Waals surface area contributed by atoms with Gasteiger partial charge in [0, 0.05) is 43.4 Å². The van der Waals surface area contributed by atoms with Gasteiger partial charge < -0.3 is 9.64 Å². The first-order valence-electron chi connectivity index (χ1n) is 8.92. The van der Waals surface area contributed by atoms with E-state index in [9.17, 15) is 8.42 Å². The summed E-state index contributed by atoms with van der Waals surface area (Å²) in [5, 5.41) is 1.18. The van der Waals surface area contributed by atoms with Gasteiger partial charge in [0.15, 0.2) is 0 Å². The van der Waals surface area contributed by atoms with Gasteiger partial charge in [-0.15, -0.1) is 0 Å². The summed E-state index contributed by atoms with van der Waals surface area (Å²) in [4.78, 5) is 6.54. The van der Waals surface area contributed by atoms with Gasteiger partial charge in [0.2, 0.25) is 10.0 Å². The number of sulfonamides is 1. The maximum absolute atomic E-state index is 13.0. The number of hydrogen-bond acceptors (Lipinski definition) is 5. The van der Waals surface area contributed by atoms with Gasteiger partial charge in [-0.05, 0) is 25.0 Å².